The van der Waals surface area contributed by atoms with Gasteiger partial charge in [-0.15, -0.1) is 0 Å². The predicted molar refractivity (Wildman–Crippen MR) is 69.1 cm³/mol. The van der Waals surface area contributed by atoms with E-state index >= 15 is 0 Å². The number of nitrogen functional groups attached to an aromatic ring is 1. The van der Waals surface area contributed by atoms with Gasteiger partial charge < -0.3 is 10.5 Å². The van der Waals surface area contributed by atoms with E-state index in [0.717, 1.165) is 6.33 Å². The van der Waals surface area contributed by atoms with E-state index in [2.05, 4.69) is 9.97 Å². The van der Waals surface area contributed by atoms with Crippen molar-refractivity contribution < 1.29 is 9.66 Å². The Labute approximate surface area is 113 Å². The monoisotopic (exact) mass is 271 g/mol. The highest BCUT2D eigenvalue weighted by Gasteiger charge is 2.23. The van der Waals surface area contributed by atoms with Crippen LogP contribution in [0, 0.1) is 28.4 Å². The minimum Gasteiger partial charge on any atom is -0.433 e. The van der Waals surface area contributed by atoms with Crippen LogP contribution in [0.5, 0.6) is 11.6 Å². The number of nitrogens with two attached hydrogens (primary N) is 1. The van der Waals surface area contributed by atoms with Crippen LogP contribution >= 0.6 is 0 Å². The fourth-order valence-corrected chi connectivity index (χ4v) is 1.51. The molecule has 0 aliphatic rings. The van der Waals surface area contributed by atoms with Crippen LogP contribution in [0.2, 0.25) is 0 Å². The summed E-state index contributed by atoms with van der Waals surface area (Å²) in [6.07, 6.45) is 1.07. The Morgan fingerprint density at radius 1 is 1.45 bits per heavy atom. The minimum atomic E-state index is -0.714. The van der Waals surface area contributed by atoms with Crippen molar-refractivity contribution in [3.8, 4) is 17.7 Å². The van der Waals surface area contributed by atoms with E-state index in [9.17, 15) is 10.1 Å². The molecule has 0 saturated heterocycles. The van der Waals surface area contributed by atoms with Gasteiger partial charge in [0.2, 0.25) is 5.82 Å². The first-order chi connectivity index (χ1) is 9.52. The molecule has 100 valence electrons. The second-order valence-electron chi connectivity index (χ2n) is 3.86. The lowest BCUT2D eigenvalue weighted by atomic mass is 10.1. The molecule has 0 spiro atoms. The number of ether oxygens (including phenoxy) is 1. The molecule has 0 radical (unpaired) electrons. The van der Waals surface area contributed by atoms with Crippen LogP contribution in [-0.4, -0.2) is 14.9 Å². The minimum absolute atomic E-state index is 0.263. The van der Waals surface area contributed by atoms with Crippen LogP contribution in [0.3, 0.4) is 0 Å². The highest BCUT2D eigenvalue weighted by atomic mass is 16.6. The van der Waals surface area contributed by atoms with E-state index in [1.807, 2.05) is 6.07 Å². The lowest BCUT2D eigenvalue weighted by Crippen LogP contribution is -2.03. The van der Waals surface area contributed by atoms with Crippen molar-refractivity contribution in [3.63, 3.8) is 0 Å². The van der Waals surface area contributed by atoms with Crippen molar-refractivity contribution in [2.45, 2.75) is 6.92 Å². The zero-order valence-electron chi connectivity index (χ0n) is 10.4. The van der Waals surface area contributed by atoms with E-state index < -0.39 is 10.6 Å². The van der Waals surface area contributed by atoms with E-state index in [-0.39, 0.29) is 11.7 Å². The smallest absolute Gasteiger partial charge is 0.372 e. The van der Waals surface area contributed by atoms with Crippen molar-refractivity contribution in [1.29, 1.82) is 5.26 Å². The second kappa shape index (κ2) is 5.19. The Kier molecular flexibility index (Phi) is 3.43. The zero-order chi connectivity index (χ0) is 14.7. The SMILES string of the molecule is Cc1ccc(C#N)cc1Oc1ncnc(N)c1[N+](=O)[O-]. The molecule has 0 saturated carbocycles. The summed E-state index contributed by atoms with van der Waals surface area (Å²) in [5.41, 5.74) is 6.01. The van der Waals surface area contributed by atoms with Gasteiger partial charge in [0.05, 0.1) is 16.6 Å². The lowest BCUT2D eigenvalue weighted by Gasteiger charge is -2.08. The molecule has 8 nitrogen and oxygen atoms in total. The van der Waals surface area contributed by atoms with E-state index in [1.54, 1.807) is 19.1 Å². The third kappa shape index (κ3) is 2.46. The van der Waals surface area contributed by atoms with Crippen LogP contribution in [0.4, 0.5) is 11.5 Å². The standard InChI is InChI=1S/C12H9N5O3/c1-7-2-3-8(5-13)4-9(7)20-12-10(17(18)19)11(14)15-6-16-12/h2-4,6H,1H3,(H2,14,15,16). The zero-order valence-corrected chi connectivity index (χ0v) is 10.4. The van der Waals surface area contributed by atoms with Crippen molar-refractivity contribution in [3.05, 3.63) is 45.8 Å². The molecule has 2 N–H and O–H groups in total. The lowest BCUT2D eigenvalue weighted by molar-refractivity contribution is -0.385. The molecule has 0 amide bonds. The first kappa shape index (κ1) is 13.2. The summed E-state index contributed by atoms with van der Waals surface area (Å²) in [5.74, 6) is -0.250. The average Bonchev–Trinajstić information content (AvgIpc) is 2.41. The van der Waals surface area contributed by atoms with E-state index in [1.165, 1.54) is 6.07 Å². The normalized spacial score (nSPS) is 9.80. The molecular weight excluding hydrogens is 262 g/mol. The highest BCUT2D eigenvalue weighted by molar-refractivity contribution is 5.59. The molecule has 2 rings (SSSR count). The number of rotatable bonds is 3. The van der Waals surface area contributed by atoms with Gasteiger partial charge >= 0.3 is 11.6 Å². The van der Waals surface area contributed by atoms with Gasteiger partial charge in [-0.05, 0) is 24.6 Å². The molecule has 8 heteroatoms. The summed E-state index contributed by atoms with van der Waals surface area (Å²) in [5, 5.41) is 19.8. The number of hydrogen-bond acceptors (Lipinski definition) is 7. The fraction of sp³-hybridized carbons (Fsp3) is 0.0833. The average molecular weight is 271 g/mol. The quantitative estimate of drug-likeness (QED) is 0.667. The molecule has 0 fully saturated rings. The van der Waals surface area contributed by atoms with Gasteiger partial charge in [0.15, 0.2) is 0 Å². The Morgan fingerprint density at radius 2 is 2.20 bits per heavy atom. The first-order valence-electron chi connectivity index (χ1n) is 5.46. The third-order valence-corrected chi connectivity index (χ3v) is 2.52. The number of anilines is 1. The largest absolute Gasteiger partial charge is 0.433 e. The van der Waals surface area contributed by atoms with Crippen molar-refractivity contribution in [2.75, 3.05) is 5.73 Å². The highest BCUT2D eigenvalue weighted by Crippen LogP contribution is 2.33. The third-order valence-electron chi connectivity index (χ3n) is 2.52. The second-order valence-corrected chi connectivity index (χ2v) is 3.86. The fourth-order valence-electron chi connectivity index (χ4n) is 1.51. The van der Waals surface area contributed by atoms with Crippen molar-refractivity contribution >= 4 is 11.5 Å². The summed E-state index contributed by atoms with van der Waals surface area (Å²) >= 11 is 0. The number of aryl methyl sites for hydroxylation is 1. The summed E-state index contributed by atoms with van der Waals surface area (Å²) < 4.78 is 5.40. The van der Waals surface area contributed by atoms with Crippen LogP contribution in [-0.2, 0) is 0 Å². The van der Waals surface area contributed by atoms with Gasteiger partial charge in [-0.3, -0.25) is 10.1 Å². The molecule has 1 heterocycles. The maximum Gasteiger partial charge on any atom is 0.372 e. The molecule has 0 aliphatic heterocycles. The number of benzene rings is 1. The van der Waals surface area contributed by atoms with Crippen molar-refractivity contribution in [2.24, 2.45) is 0 Å². The molecule has 0 unspecified atom stereocenters. The Morgan fingerprint density at radius 3 is 2.85 bits per heavy atom. The van der Waals surface area contributed by atoms with E-state index in [4.69, 9.17) is 15.7 Å². The summed E-state index contributed by atoms with van der Waals surface area (Å²) in [4.78, 5) is 17.5. The molecular formula is C12H9N5O3. The molecule has 0 atom stereocenters. The summed E-state index contributed by atoms with van der Waals surface area (Å²) in [6.45, 7) is 1.74. The molecule has 0 aliphatic carbocycles. The maximum absolute atomic E-state index is 11.0. The predicted octanol–water partition coefficient (Wildman–Crippen LogP) is 1.94. The van der Waals surface area contributed by atoms with Gasteiger partial charge in [-0.1, -0.05) is 6.07 Å². The summed E-state index contributed by atoms with van der Waals surface area (Å²) in [6, 6.07) is 6.71. The van der Waals surface area contributed by atoms with Crippen LogP contribution in [0.25, 0.3) is 0 Å². The molecule has 2 aromatic rings. The Hall–Kier alpha value is -3.21. The topological polar surface area (TPSA) is 128 Å². The Bertz CT molecular complexity index is 724. The maximum atomic E-state index is 11.0. The van der Waals surface area contributed by atoms with Gasteiger partial charge in [-0.2, -0.15) is 10.2 Å². The van der Waals surface area contributed by atoms with Crippen LogP contribution in [0.1, 0.15) is 11.1 Å². The molecule has 1 aromatic heterocycles. The van der Waals surface area contributed by atoms with Crippen LogP contribution in [0.15, 0.2) is 24.5 Å². The van der Waals surface area contributed by atoms with E-state index in [0.29, 0.717) is 16.9 Å². The number of hydrogen-bond donors (Lipinski definition) is 1. The van der Waals surface area contributed by atoms with Gasteiger partial charge in [0, 0.05) is 0 Å². The first-order valence-corrected chi connectivity index (χ1v) is 5.46. The van der Waals surface area contributed by atoms with Gasteiger partial charge in [-0.25, -0.2) is 4.98 Å². The number of aromatic nitrogens is 2. The molecule has 20 heavy (non-hydrogen) atoms. The van der Waals surface area contributed by atoms with Crippen LogP contribution < -0.4 is 10.5 Å². The number of nitriles is 1. The summed E-state index contributed by atoms with van der Waals surface area (Å²) in [7, 11) is 0. The number of nitro groups is 1. The number of nitrogens with zero attached hydrogens (tertiary/aromatic N) is 4. The van der Waals surface area contributed by atoms with Crippen molar-refractivity contribution in [1.82, 2.24) is 9.97 Å². The van der Waals surface area contributed by atoms with Gasteiger partial charge in [0.25, 0.3) is 0 Å². The Balaban J connectivity index is 2.48. The molecule has 1 aromatic carbocycles. The van der Waals surface area contributed by atoms with Gasteiger partial charge in [0.1, 0.15) is 12.1 Å². The molecule has 0 bridgehead atoms.